The molecule has 0 aliphatic heterocycles. The van der Waals surface area contributed by atoms with Gasteiger partial charge in [-0.25, -0.2) is 0 Å². The first-order chi connectivity index (χ1) is 8.24. The Morgan fingerprint density at radius 1 is 1.00 bits per heavy atom. The number of aromatic hydroxyl groups is 1. The molecule has 17 heavy (non-hydrogen) atoms. The number of aromatic nitrogens is 1. The van der Waals surface area contributed by atoms with E-state index < -0.39 is 6.10 Å². The van der Waals surface area contributed by atoms with Gasteiger partial charge in [0.05, 0.1) is 6.10 Å². The van der Waals surface area contributed by atoms with Crippen molar-refractivity contribution in [1.29, 1.82) is 0 Å². The highest BCUT2D eigenvalue weighted by molar-refractivity contribution is 5.27. The third-order valence-corrected chi connectivity index (χ3v) is 2.60. The normalized spacial score (nSPS) is 12.3. The maximum absolute atomic E-state index is 9.94. The van der Waals surface area contributed by atoms with E-state index in [1.807, 2.05) is 18.2 Å². The lowest BCUT2D eigenvalue weighted by atomic mass is 10.0. The Morgan fingerprint density at radius 3 is 2.41 bits per heavy atom. The summed E-state index contributed by atoms with van der Waals surface area (Å²) in [5.41, 5.74) is 2.00. The van der Waals surface area contributed by atoms with Crippen LogP contribution in [0.15, 0.2) is 48.8 Å². The molecule has 2 aromatic rings. The predicted molar refractivity (Wildman–Crippen MR) is 65.8 cm³/mol. The number of aliphatic hydroxyl groups excluding tert-OH is 1. The monoisotopic (exact) mass is 229 g/mol. The molecule has 0 radical (unpaired) electrons. The summed E-state index contributed by atoms with van der Waals surface area (Å²) in [4.78, 5) is 3.93. The molecule has 0 amide bonds. The highest BCUT2D eigenvalue weighted by Gasteiger charge is 2.07. The molecule has 2 rings (SSSR count). The average molecular weight is 229 g/mol. The highest BCUT2D eigenvalue weighted by Crippen LogP contribution is 2.14. The number of rotatable bonds is 4. The minimum absolute atomic E-state index is 0.235. The largest absolute Gasteiger partial charge is 0.508 e. The fraction of sp³-hybridized carbons (Fsp3) is 0.214. The molecule has 0 aliphatic carbocycles. The molecular weight excluding hydrogens is 214 g/mol. The molecule has 2 N–H and O–H groups in total. The molecule has 0 fully saturated rings. The van der Waals surface area contributed by atoms with Gasteiger partial charge in [0.2, 0.25) is 0 Å². The van der Waals surface area contributed by atoms with Crippen LogP contribution in [-0.2, 0) is 12.8 Å². The Bertz CT molecular complexity index is 471. The molecule has 0 spiro atoms. The molecular formula is C14H15NO2. The zero-order chi connectivity index (χ0) is 12.1. The summed E-state index contributed by atoms with van der Waals surface area (Å²) >= 11 is 0. The van der Waals surface area contributed by atoms with E-state index in [-0.39, 0.29) is 5.75 Å². The van der Waals surface area contributed by atoms with Crippen molar-refractivity contribution >= 4 is 0 Å². The van der Waals surface area contributed by atoms with E-state index >= 15 is 0 Å². The lowest BCUT2D eigenvalue weighted by Gasteiger charge is -2.10. The maximum atomic E-state index is 9.94. The van der Waals surface area contributed by atoms with E-state index in [1.54, 1.807) is 30.6 Å². The first-order valence-electron chi connectivity index (χ1n) is 5.59. The zero-order valence-corrected chi connectivity index (χ0v) is 9.45. The fourth-order valence-electron chi connectivity index (χ4n) is 1.82. The number of aliphatic hydroxyl groups is 1. The van der Waals surface area contributed by atoms with Gasteiger partial charge in [-0.1, -0.05) is 12.1 Å². The number of hydrogen-bond donors (Lipinski definition) is 2. The fourth-order valence-corrected chi connectivity index (χ4v) is 1.82. The van der Waals surface area contributed by atoms with Gasteiger partial charge < -0.3 is 10.2 Å². The first-order valence-corrected chi connectivity index (χ1v) is 5.59. The molecule has 1 atom stereocenters. The van der Waals surface area contributed by atoms with Crippen molar-refractivity contribution in [2.75, 3.05) is 0 Å². The van der Waals surface area contributed by atoms with E-state index in [2.05, 4.69) is 4.98 Å². The summed E-state index contributed by atoms with van der Waals surface area (Å²) in [6, 6.07) is 10.8. The van der Waals surface area contributed by atoms with Gasteiger partial charge in [0.1, 0.15) is 5.75 Å². The van der Waals surface area contributed by atoms with Crippen molar-refractivity contribution in [3.05, 3.63) is 59.9 Å². The van der Waals surface area contributed by atoms with Crippen molar-refractivity contribution in [3.63, 3.8) is 0 Å². The Balaban J connectivity index is 1.96. The minimum Gasteiger partial charge on any atom is -0.508 e. The number of benzene rings is 1. The number of hydrogen-bond acceptors (Lipinski definition) is 3. The second-order valence-corrected chi connectivity index (χ2v) is 4.09. The van der Waals surface area contributed by atoms with E-state index in [9.17, 15) is 10.2 Å². The second kappa shape index (κ2) is 5.46. The molecule has 1 aromatic carbocycles. The molecule has 3 heteroatoms. The second-order valence-electron chi connectivity index (χ2n) is 4.09. The summed E-state index contributed by atoms with van der Waals surface area (Å²) in [6.07, 6.45) is 4.13. The standard InChI is InChI=1S/C14H15NO2/c16-13-3-1-2-12(9-13)10-14(17)8-11-4-6-15-7-5-11/h1-7,9,14,16-17H,8,10H2. The van der Waals surface area contributed by atoms with Gasteiger partial charge >= 0.3 is 0 Å². The average Bonchev–Trinajstić information content (AvgIpc) is 2.30. The van der Waals surface area contributed by atoms with Crippen LogP contribution in [0.2, 0.25) is 0 Å². The summed E-state index contributed by atoms with van der Waals surface area (Å²) in [7, 11) is 0. The lowest BCUT2D eigenvalue weighted by molar-refractivity contribution is 0.175. The van der Waals surface area contributed by atoms with Crippen molar-refractivity contribution in [2.24, 2.45) is 0 Å². The maximum Gasteiger partial charge on any atom is 0.115 e. The summed E-state index contributed by atoms with van der Waals surface area (Å²) < 4.78 is 0. The zero-order valence-electron chi connectivity index (χ0n) is 9.45. The Labute approximate surface area is 100 Å². The molecule has 0 aliphatic rings. The van der Waals surface area contributed by atoms with Crippen LogP contribution in [0.3, 0.4) is 0 Å². The van der Waals surface area contributed by atoms with Crippen LogP contribution in [0.4, 0.5) is 0 Å². The van der Waals surface area contributed by atoms with Crippen molar-refractivity contribution in [2.45, 2.75) is 18.9 Å². The molecule has 0 bridgehead atoms. The molecule has 1 aromatic heterocycles. The number of phenols is 1. The predicted octanol–water partition coefficient (Wildman–Crippen LogP) is 1.93. The number of nitrogens with zero attached hydrogens (tertiary/aromatic N) is 1. The quantitative estimate of drug-likeness (QED) is 0.842. The van der Waals surface area contributed by atoms with Gasteiger partial charge in [-0.15, -0.1) is 0 Å². The molecule has 1 heterocycles. The first kappa shape index (κ1) is 11.6. The van der Waals surface area contributed by atoms with Crippen molar-refractivity contribution in [3.8, 4) is 5.75 Å². The third kappa shape index (κ3) is 3.57. The van der Waals surface area contributed by atoms with E-state index in [0.29, 0.717) is 12.8 Å². The molecule has 0 saturated carbocycles. The Hall–Kier alpha value is -1.87. The van der Waals surface area contributed by atoms with Crippen LogP contribution in [0, 0.1) is 0 Å². The van der Waals surface area contributed by atoms with Gasteiger partial charge in [-0.2, -0.15) is 0 Å². The van der Waals surface area contributed by atoms with E-state index in [1.165, 1.54) is 0 Å². The Morgan fingerprint density at radius 2 is 1.71 bits per heavy atom. The summed E-state index contributed by atoms with van der Waals surface area (Å²) in [6.45, 7) is 0. The van der Waals surface area contributed by atoms with E-state index in [4.69, 9.17) is 0 Å². The van der Waals surface area contributed by atoms with Crippen LogP contribution in [0.1, 0.15) is 11.1 Å². The topological polar surface area (TPSA) is 53.4 Å². The molecule has 0 saturated heterocycles. The van der Waals surface area contributed by atoms with Crippen LogP contribution >= 0.6 is 0 Å². The van der Waals surface area contributed by atoms with Gasteiger partial charge in [-0.05, 0) is 48.2 Å². The van der Waals surface area contributed by atoms with Gasteiger partial charge in [-0.3, -0.25) is 4.98 Å². The highest BCUT2D eigenvalue weighted by atomic mass is 16.3. The molecule has 88 valence electrons. The van der Waals surface area contributed by atoms with Crippen LogP contribution in [-0.4, -0.2) is 21.3 Å². The van der Waals surface area contributed by atoms with Gasteiger partial charge in [0, 0.05) is 12.4 Å². The lowest BCUT2D eigenvalue weighted by Crippen LogP contribution is -2.13. The van der Waals surface area contributed by atoms with Gasteiger partial charge in [0.25, 0.3) is 0 Å². The summed E-state index contributed by atoms with van der Waals surface area (Å²) in [5, 5.41) is 19.3. The smallest absolute Gasteiger partial charge is 0.115 e. The van der Waals surface area contributed by atoms with Crippen molar-refractivity contribution < 1.29 is 10.2 Å². The SMILES string of the molecule is Oc1cccc(CC(O)Cc2ccncc2)c1. The van der Waals surface area contributed by atoms with Crippen LogP contribution < -0.4 is 0 Å². The van der Waals surface area contributed by atoms with E-state index in [0.717, 1.165) is 11.1 Å². The Kier molecular flexibility index (Phi) is 3.73. The third-order valence-electron chi connectivity index (χ3n) is 2.60. The number of pyridine rings is 1. The number of phenolic OH excluding ortho intramolecular Hbond substituents is 1. The summed E-state index contributed by atoms with van der Waals surface area (Å²) in [5.74, 6) is 0.235. The minimum atomic E-state index is -0.445. The molecule has 3 nitrogen and oxygen atoms in total. The van der Waals surface area contributed by atoms with Crippen LogP contribution in [0.5, 0.6) is 5.75 Å². The van der Waals surface area contributed by atoms with Crippen LogP contribution in [0.25, 0.3) is 0 Å². The van der Waals surface area contributed by atoms with Crippen molar-refractivity contribution in [1.82, 2.24) is 4.98 Å². The van der Waals surface area contributed by atoms with Gasteiger partial charge in [0.15, 0.2) is 0 Å². The molecule has 1 unspecified atom stereocenters.